The maximum absolute atomic E-state index is 14.5. The van der Waals surface area contributed by atoms with Crippen LogP contribution in [-0.4, -0.2) is 47.0 Å². The van der Waals surface area contributed by atoms with Gasteiger partial charge in [0.25, 0.3) is 5.91 Å². The van der Waals surface area contributed by atoms with Gasteiger partial charge in [-0.2, -0.15) is 0 Å². The number of piperazine rings is 1. The van der Waals surface area contributed by atoms with E-state index in [0.29, 0.717) is 48.7 Å². The lowest BCUT2D eigenvalue weighted by Crippen LogP contribution is -2.49. The topological polar surface area (TPSA) is 49.3 Å². The van der Waals surface area contributed by atoms with Crippen LogP contribution in [0.3, 0.4) is 0 Å². The first-order valence-electron chi connectivity index (χ1n) is 11.8. The number of aryl methyl sites for hydroxylation is 1. The van der Waals surface area contributed by atoms with Crippen molar-refractivity contribution in [3.63, 3.8) is 0 Å². The van der Waals surface area contributed by atoms with Gasteiger partial charge in [0.05, 0.1) is 10.6 Å². The highest BCUT2D eigenvalue weighted by atomic mass is 35.5. The molecule has 0 N–H and O–H groups in total. The molecule has 0 aliphatic carbocycles. The zero-order valence-corrected chi connectivity index (χ0v) is 20.6. The van der Waals surface area contributed by atoms with Crippen molar-refractivity contribution in [3.8, 4) is 0 Å². The minimum Gasteiger partial charge on any atom is -0.353 e. The first-order chi connectivity index (χ1) is 16.4. The third kappa shape index (κ3) is 5.07. The molecule has 1 aromatic heterocycles. The van der Waals surface area contributed by atoms with Crippen molar-refractivity contribution in [2.24, 2.45) is 0 Å². The molecule has 0 saturated carbocycles. The average molecular weight is 481 g/mol. The van der Waals surface area contributed by atoms with Gasteiger partial charge in [0.15, 0.2) is 0 Å². The van der Waals surface area contributed by atoms with E-state index in [0.717, 1.165) is 29.3 Å². The van der Waals surface area contributed by atoms with E-state index in [2.05, 4.69) is 18.7 Å². The van der Waals surface area contributed by atoms with Gasteiger partial charge < -0.3 is 9.80 Å². The van der Waals surface area contributed by atoms with Crippen molar-refractivity contribution in [2.75, 3.05) is 31.1 Å². The second-order valence-electron chi connectivity index (χ2n) is 8.81. The molecule has 178 valence electrons. The number of aromatic nitrogens is 2. The van der Waals surface area contributed by atoms with Gasteiger partial charge in [0.2, 0.25) is 0 Å². The van der Waals surface area contributed by atoms with E-state index in [-0.39, 0.29) is 17.6 Å². The van der Waals surface area contributed by atoms with Gasteiger partial charge in [-0.1, -0.05) is 55.8 Å². The van der Waals surface area contributed by atoms with E-state index >= 15 is 0 Å². The Morgan fingerprint density at radius 1 is 1.06 bits per heavy atom. The number of hydrogen-bond donors (Lipinski definition) is 0. The first kappa shape index (κ1) is 24.1. The van der Waals surface area contributed by atoms with Crippen LogP contribution in [0.4, 0.5) is 10.2 Å². The van der Waals surface area contributed by atoms with Crippen molar-refractivity contribution < 1.29 is 9.18 Å². The van der Waals surface area contributed by atoms with Gasteiger partial charge in [0, 0.05) is 49.8 Å². The van der Waals surface area contributed by atoms with E-state index < -0.39 is 0 Å². The van der Waals surface area contributed by atoms with Gasteiger partial charge in [-0.15, -0.1) is 0 Å². The fourth-order valence-corrected chi connectivity index (χ4v) is 4.45. The van der Waals surface area contributed by atoms with E-state index in [4.69, 9.17) is 21.6 Å². The van der Waals surface area contributed by atoms with Crippen LogP contribution in [0.15, 0.2) is 48.5 Å². The van der Waals surface area contributed by atoms with Gasteiger partial charge in [-0.3, -0.25) is 4.79 Å². The third-order valence-corrected chi connectivity index (χ3v) is 6.89. The minimum atomic E-state index is -0.228. The summed E-state index contributed by atoms with van der Waals surface area (Å²) in [5, 5.41) is 0.465. The van der Waals surface area contributed by atoms with Crippen LogP contribution in [0.1, 0.15) is 59.2 Å². The lowest BCUT2D eigenvalue weighted by atomic mass is 10.0. The summed E-state index contributed by atoms with van der Waals surface area (Å²) in [5.74, 6) is 1.59. The molecule has 1 saturated heterocycles. The number of carbonyl (C=O) groups excluding carboxylic acids is 1. The highest BCUT2D eigenvalue weighted by Crippen LogP contribution is 2.29. The van der Waals surface area contributed by atoms with Gasteiger partial charge in [-0.25, -0.2) is 14.4 Å². The average Bonchev–Trinajstić information content (AvgIpc) is 2.85. The zero-order chi connectivity index (χ0) is 24.2. The fraction of sp³-hybridized carbons (Fsp3) is 0.370. The van der Waals surface area contributed by atoms with E-state index in [1.807, 2.05) is 30.0 Å². The molecular formula is C27H30ClFN4O. The molecule has 3 aromatic rings. The Morgan fingerprint density at radius 3 is 2.41 bits per heavy atom. The molecule has 0 radical (unpaired) electrons. The lowest BCUT2D eigenvalue weighted by molar-refractivity contribution is 0.0746. The summed E-state index contributed by atoms with van der Waals surface area (Å²) < 4.78 is 14.5. The van der Waals surface area contributed by atoms with Crippen LogP contribution >= 0.6 is 11.6 Å². The molecule has 0 bridgehead atoms. The highest BCUT2D eigenvalue weighted by molar-refractivity contribution is 6.33. The Hall–Kier alpha value is -2.99. The monoisotopic (exact) mass is 480 g/mol. The predicted molar refractivity (Wildman–Crippen MR) is 134 cm³/mol. The Balaban J connectivity index is 1.61. The number of carbonyl (C=O) groups is 1. The summed E-state index contributed by atoms with van der Waals surface area (Å²) in [6.45, 7) is 8.61. The normalized spacial score (nSPS) is 14.9. The standard InChI is InChI=1S/C27H30ClFN4O/c1-4-18(2)25-30-19(3)22(17-20-9-5-8-12-24(20)29)26(31-25)32-13-15-33(16-14-32)27(34)21-10-6-7-11-23(21)28/h5-12,18H,4,13-17H2,1-3H3. The number of benzene rings is 2. The molecule has 1 fully saturated rings. The predicted octanol–water partition coefficient (Wildman–Crippen LogP) is 5.64. The number of anilines is 1. The van der Waals surface area contributed by atoms with Gasteiger partial charge in [0.1, 0.15) is 17.5 Å². The molecule has 2 heterocycles. The van der Waals surface area contributed by atoms with Crippen molar-refractivity contribution in [3.05, 3.63) is 87.6 Å². The number of amides is 1. The summed E-state index contributed by atoms with van der Waals surface area (Å²) in [4.78, 5) is 26.8. The molecule has 1 amide bonds. The Morgan fingerprint density at radius 2 is 1.74 bits per heavy atom. The molecule has 1 atom stereocenters. The second kappa shape index (κ2) is 10.5. The summed E-state index contributed by atoms with van der Waals surface area (Å²) in [6, 6.07) is 14.0. The molecule has 34 heavy (non-hydrogen) atoms. The van der Waals surface area contributed by atoms with Gasteiger partial charge in [-0.05, 0) is 37.1 Å². The van der Waals surface area contributed by atoms with Crippen molar-refractivity contribution in [1.82, 2.24) is 14.9 Å². The van der Waals surface area contributed by atoms with Crippen LogP contribution in [0.2, 0.25) is 5.02 Å². The third-order valence-electron chi connectivity index (χ3n) is 6.56. The molecule has 1 aliphatic heterocycles. The smallest absolute Gasteiger partial charge is 0.255 e. The number of rotatable bonds is 6. The number of hydrogen-bond acceptors (Lipinski definition) is 4. The fourth-order valence-electron chi connectivity index (χ4n) is 4.23. The molecule has 0 spiro atoms. The maximum Gasteiger partial charge on any atom is 0.255 e. The van der Waals surface area contributed by atoms with Gasteiger partial charge >= 0.3 is 0 Å². The molecule has 1 unspecified atom stereocenters. The minimum absolute atomic E-state index is 0.0593. The van der Waals surface area contributed by atoms with E-state index in [1.165, 1.54) is 6.07 Å². The zero-order valence-electron chi connectivity index (χ0n) is 19.9. The Kier molecular flexibility index (Phi) is 7.47. The number of halogens is 2. The molecule has 5 nitrogen and oxygen atoms in total. The van der Waals surface area contributed by atoms with Crippen LogP contribution in [-0.2, 0) is 6.42 Å². The quantitative estimate of drug-likeness (QED) is 0.458. The molecule has 2 aromatic carbocycles. The van der Waals surface area contributed by atoms with Crippen LogP contribution in [0, 0.1) is 12.7 Å². The summed E-state index contributed by atoms with van der Waals surface area (Å²) in [6.07, 6.45) is 1.36. The summed E-state index contributed by atoms with van der Waals surface area (Å²) in [7, 11) is 0. The Bertz CT molecular complexity index is 1180. The SMILES string of the molecule is CCC(C)c1nc(C)c(Cc2ccccc2F)c(N2CCN(C(=O)c3ccccc3Cl)CC2)n1. The maximum atomic E-state index is 14.5. The molecule has 7 heteroatoms. The Labute approximate surface area is 205 Å². The van der Waals surface area contributed by atoms with Crippen LogP contribution in [0.5, 0.6) is 0 Å². The number of nitrogens with zero attached hydrogens (tertiary/aromatic N) is 4. The molecular weight excluding hydrogens is 451 g/mol. The van der Waals surface area contributed by atoms with Crippen LogP contribution < -0.4 is 4.90 Å². The van der Waals surface area contributed by atoms with Crippen LogP contribution in [0.25, 0.3) is 0 Å². The van der Waals surface area contributed by atoms with E-state index in [1.54, 1.807) is 24.3 Å². The summed E-state index contributed by atoms with van der Waals surface area (Å²) >= 11 is 6.25. The second-order valence-corrected chi connectivity index (χ2v) is 9.21. The van der Waals surface area contributed by atoms with Crippen molar-refractivity contribution >= 4 is 23.3 Å². The van der Waals surface area contributed by atoms with Crippen molar-refractivity contribution in [2.45, 2.75) is 39.5 Å². The lowest BCUT2D eigenvalue weighted by Gasteiger charge is -2.37. The van der Waals surface area contributed by atoms with Crippen molar-refractivity contribution in [1.29, 1.82) is 0 Å². The van der Waals surface area contributed by atoms with E-state index in [9.17, 15) is 9.18 Å². The first-order valence-corrected chi connectivity index (χ1v) is 12.2. The molecule has 1 aliphatic rings. The molecule has 4 rings (SSSR count). The highest BCUT2D eigenvalue weighted by Gasteiger charge is 2.27. The summed E-state index contributed by atoms with van der Waals surface area (Å²) in [5.41, 5.74) is 2.95. The largest absolute Gasteiger partial charge is 0.353 e.